The van der Waals surface area contributed by atoms with Crippen LogP contribution in [-0.4, -0.2) is 29.1 Å². The summed E-state index contributed by atoms with van der Waals surface area (Å²) >= 11 is 6.90. The van der Waals surface area contributed by atoms with E-state index in [1.807, 2.05) is 0 Å². The second-order valence-corrected chi connectivity index (χ2v) is 4.96. The van der Waals surface area contributed by atoms with E-state index in [2.05, 4.69) is 12.2 Å². The molecular weight excluding hydrogens is 188 g/mol. The maximum Gasteiger partial charge on any atom is 0.0649 e. The summed E-state index contributed by atoms with van der Waals surface area (Å²) in [7, 11) is 0. The fourth-order valence-electron chi connectivity index (χ4n) is 1.33. The van der Waals surface area contributed by atoms with Gasteiger partial charge < -0.3 is 5.73 Å². The van der Waals surface area contributed by atoms with Gasteiger partial charge in [-0.1, -0.05) is 19.1 Å². The molecule has 69 valence electrons. The van der Waals surface area contributed by atoms with Crippen LogP contribution in [0.3, 0.4) is 0 Å². The second-order valence-electron chi connectivity index (χ2n) is 2.96. The molecule has 0 saturated carbocycles. The topological polar surface area (TPSA) is 40.1 Å². The minimum absolute atomic E-state index is 0.0798. The van der Waals surface area contributed by atoms with E-state index in [1.165, 1.54) is 0 Å². The van der Waals surface area contributed by atoms with Crippen molar-refractivity contribution in [2.75, 3.05) is 18.8 Å². The smallest absolute Gasteiger partial charge is 0.0649 e. The fourth-order valence-corrected chi connectivity index (χ4v) is 2.54. The summed E-state index contributed by atoms with van der Waals surface area (Å²) in [5.74, 6) is 1.53. The normalized spacial score (nSPS) is 25.7. The molecule has 0 spiro atoms. The van der Waals surface area contributed by atoms with Gasteiger partial charge in [0.2, 0.25) is 0 Å². The molecule has 2 atom stereocenters. The molecule has 1 fully saturated rings. The third-order valence-corrected chi connectivity index (χ3v) is 3.56. The van der Waals surface area contributed by atoms with E-state index in [0.29, 0.717) is 5.92 Å². The van der Waals surface area contributed by atoms with Crippen molar-refractivity contribution < 1.29 is 0 Å². The monoisotopic (exact) mass is 203 g/mol. The van der Waals surface area contributed by atoms with Crippen LogP contribution >= 0.6 is 24.0 Å². The maximum absolute atomic E-state index is 5.99. The molecular formula is C8H15N2S2. The van der Waals surface area contributed by atoms with Crippen molar-refractivity contribution in [1.29, 1.82) is 0 Å². The zero-order chi connectivity index (χ0) is 8.97. The highest BCUT2D eigenvalue weighted by molar-refractivity contribution is 8.23. The fraction of sp³-hybridized carbons (Fsp3) is 0.875. The van der Waals surface area contributed by atoms with Gasteiger partial charge in [-0.15, -0.1) is 11.8 Å². The molecule has 1 radical (unpaired) electrons. The summed E-state index contributed by atoms with van der Waals surface area (Å²) in [6.45, 7) is 3.98. The third kappa shape index (κ3) is 2.69. The zero-order valence-corrected chi connectivity index (χ0v) is 8.96. The quantitative estimate of drug-likeness (QED) is 0.696. The van der Waals surface area contributed by atoms with Crippen molar-refractivity contribution in [2.45, 2.75) is 19.4 Å². The third-order valence-electron chi connectivity index (χ3n) is 2.09. The highest BCUT2D eigenvalue weighted by atomic mass is 32.2. The zero-order valence-electron chi connectivity index (χ0n) is 7.32. The Morgan fingerprint density at radius 1 is 1.83 bits per heavy atom. The predicted octanol–water partition coefficient (Wildman–Crippen LogP) is 1.02. The van der Waals surface area contributed by atoms with Gasteiger partial charge >= 0.3 is 0 Å². The molecule has 1 saturated heterocycles. The number of hydrogen-bond acceptors (Lipinski definition) is 3. The molecule has 1 aliphatic heterocycles. The molecule has 2 N–H and O–H groups in total. The molecule has 1 heterocycles. The minimum Gasteiger partial charge on any atom is -0.323 e. The molecule has 1 aliphatic rings. The van der Waals surface area contributed by atoms with Gasteiger partial charge in [0.1, 0.15) is 0 Å². The SMILES string of the molecule is CCSC(=S)C(N)C1CC[N]C1. The second kappa shape index (κ2) is 5.17. The summed E-state index contributed by atoms with van der Waals surface area (Å²) < 4.78 is 0.958. The van der Waals surface area contributed by atoms with Crippen LogP contribution in [0.4, 0.5) is 0 Å². The lowest BCUT2D eigenvalue weighted by Crippen LogP contribution is -2.36. The summed E-state index contributed by atoms with van der Waals surface area (Å²) in [4.78, 5) is 0. The van der Waals surface area contributed by atoms with Gasteiger partial charge in [0.25, 0.3) is 0 Å². The highest BCUT2D eigenvalue weighted by Crippen LogP contribution is 2.18. The molecule has 0 amide bonds. The first-order valence-electron chi connectivity index (χ1n) is 4.31. The largest absolute Gasteiger partial charge is 0.323 e. The van der Waals surface area contributed by atoms with E-state index < -0.39 is 0 Å². The maximum atomic E-state index is 5.99. The van der Waals surface area contributed by atoms with E-state index in [9.17, 15) is 0 Å². The average Bonchev–Trinajstić information content (AvgIpc) is 2.55. The van der Waals surface area contributed by atoms with Gasteiger partial charge in [0.05, 0.1) is 10.2 Å². The van der Waals surface area contributed by atoms with Crippen molar-refractivity contribution in [3.05, 3.63) is 0 Å². The van der Waals surface area contributed by atoms with E-state index in [0.717, 1.165) is 29.5 Å². The van der Waals surface area contributed by atoms with Gasteiger partial charge in [-0.3, -0.25) is 0 Å². The molecule has 2 nitrogen and oxygen atoms in total. The molecule has 12 heavy (non-hydrogen) atoms. The van der Waals surface area contributed by atoms with Gasteiger partial charge in [0.15, 0.2) is 0 Å². The molecule has 0 aromatic rings. The van der Waals surface area contributed by atoms with Gasteiger partial charge in [-0.25, -0.2) is 5.32 Å². The first kappa shape index (κ1) is 10.4. The number of nitrogens with two attached hydrogens (primary N) is 1. The lowest BCUT2D eigenvalue weighted by Gasteiger charge is -2.17. The Morgan fingerprint density at radius 3 is 3.08 bits per heavy atom. The van der Waals surface area contributed by atoms with Crippen molar-refractivity contribution in [2.24, 2.45) is 11.7 Å². The molecule has 0 aromatic carbocycles. The van der Waals surface area contributed by atoms with Gasteiger partial charge in [-0.2, -0.15) is 0 Å². The first-order valence-corrected chi connectivity index (χ1v) is 5.70. The standard InChI is InChI=1S/C8H15N2S2/c1-2-12-8(11)7(9)6-3-4-10-5-6/h6-7H,2-5,9H2,1H3. The Morgan fingerprint density at radius 2 is 2.58 bits per heavy atom. The Bertz CT molecular complexity index is 155. The Labute approximate surface area is 83.7 Å². The summed E-state index contributed by atoms with van der Waals surface area (Å²) in [5.41, 5.74) is 5.99. The van der Waals surface area contributed by atoms with Crippen LogP contribution in [0.5, 0.6) is 0 Å². The van der Waals surface area contributed by atoms with Crippen molar-refractivity contribution in [3.63, 3.8) is 0 Å². The number of hydrogen-bond donors (Lipinski definition) is 1. The predicted molar refractivity (Wildman–Crippen MR) is 58.7 cm³/mol. The molecule has 1 rings (SSSR count). The average molecular weight is 203 g/mol. The number of rotatable bonds is 3. The number of thiocarbonyl (C=S) groups is 1. The Balaban J connectivity index is 2.34. The van der Waals surface area contributed by atoms with E-state index >= 15 is 0 Å². The van der Waals surface area contributed by atoms with E-state index in [4.69, 9.17) is 18.0 Å². The Kier molecular flexibility index (Phi) is 4.50. The summed E-state index contributed by atoms with van der Waals surface area (Å²) in [5, 5.41) is 4.28. The Hall–Kier alpha value is 0.360. The van der Waals surface area contributed by atoms with Crippen LogP contribution in [0.1, 0.15) is 13.3 Å². The lowest BCUT2D eigenvalue weighted by molar-refractivity contribution is 0.545. The van der Waals surface area contributed by atoms with Gasteiger partial charge in [-0.05, 0) is 18.1 Å². The van der Waals surface area contributed by atoms with E-state index in [-0.39, 0.29) is 6.04 Å². The van der Waals surface area contributed by atoms with Crippen LogP contribution < -0.4 is 11.1 Å². The number of thioether (sulfide) groups is 1. The molecule has 0 aromatic heterocycles. The summed E-state index contributed by atoms with van der Waals surface area (Å²) in [6, 6.07) is 0.0798. The van der Waals surface area contributed by atoms with Crippen LogP contribution in [-0.2, 0) is 0 Å². The highest BCUT2D eigenvalue weighted by Gasteiger charge is 2.25. The summed E-state index contributed by atoms with van der Waals surface area (Å²) in [6.07, 6.45) is 1.12. The van der Waals surface area contributed by atoms with Crippen LogP contribution in [0.15, 0.2) is 0 Å². The van der Waals surface area contributed by atoms with Crippen molar-refractivity contribution in [3.8, 4) is 0 Å². The van der Waals surface area contributed by atoms with Crippen molar-refractivity contribution >= 4 is 28.2 Å². The van der Waals surface area contributed by atoms with E-state index in [1.54, 1.807) is 11.8 Å². The molecule has 0 bridgehead atoms. The molecule has 0 aliphatic carbocycles. The molecule has 2 unspecified atom stereocenters. The first-order chi connectivity index (χ1) is 5.75. The minimum atomic E-state index is 0.0798. The van der Waals surface area contributed by atoms with Gasteiger partial charge in [0, 0.05) is 13.1 Å². The number of nitrogens with zero attached hydrogens (tertiary/aromatic N) is 1. The van der Waals surface area contributed by atoms with Crippen LogP contribution in [0, 0.1) is 5.92 Å². The van der Waals surface area contributed by atoms with Crippen LogP contribution in [0.2, 0.25) is 0 Å². The molecule has 4 heteroatoms. The van der Waals surface area contributed by atoms with Crippen LogP contribution in [0.25, 0.3) is 0 Å². The lowest BCUT2D eigenvalue weighted by atomic mass is 10.0. The van der Waals surface area contributed by atoms with Crippen molar-refractivity contribution in [1.82, 2.24) is 5.32 Å².